The van der Waals surface area contributed by atoms with E-state index in [0.717, 1.165) is 16.9 Å². The lowest BCUT2D eigenvalue weighted by molar-refractivity contribution is -0.114. The Kier molecular flexibility index (Phi) is 3.56. The van der Waals surface area contributed by atoms with Crippen molar-refractivity contribution < 1.29 is 14.6 Å². The molecule has 1 N–H and O–H groups in total. The zero-order chi connectivity index (χ0) is 14.0. The number of carbonyl (C=O) groups excluding carboxylic acids is 1. The van der Waals surface area contributed by atoms with Crippen LogP contribution in [-0.4, -0.2) is 18.0 Å². The summed E-state index contributed by atoms with van der Waals surface area (Å²) < 4.78 is 5.10. The summed E-state index contributed by atoms with van der Waals surface area (Å²) in [7, 11) is 1.62. The number of aliphatic hydroxyl groups excluding tert-OH is 1. The summed E-state index contributed by atoms with van der Waals surface area (Å²) in [6.45, 7) is 3.44. The van der Waals surface area contributed by atoms with Crippen LogP contribution in [0.15, 0.2) is 52.8 Å². The fraction of sp³-hybridized carbons (Fsp3) is 0.188. The lowest BCUT2D eigenvalue weighted by Gasteiger charge is -2.14. The molecule has 0 amide bonds. The summed E-state index contributed by atoms with van der Waals surface area (Å²) in [5.74, 6) is 0.326. The molecule has 0 aromatic heterocycles. The number of aliphatic hydroxyl groups is 1. The normalized spacial score (nSPS) is 17.7. The molecule has 1 aliphatic carbocycles. The number of benzene rings is 1. The molecule has 3 nitrogen and oxygen atoms in total. The van der Waals surface area contributed by atoms with Gasteiger partial charge in [-0.1, -0.05) is 12.1 Å². The number of hydrogen-bond donors (Lipinski definition) is 1. The minimum absolute atomic E-state index is 0.167. The molecule has 0 spiro atoms. The molecule has 0 atom stereocenters. The molecule has 3 heteroatoms. The van der Waals surface area contributed by atoms with Crippen LogP contribution in [0.1, 0.15) is 19.4 Å². The van der Waals surface area contributed by atoms with Crippen molar-refractivity contribution in [2.75, 3.05) is 7.11 Å². The summed E-state index contributed by atoms with van der Waals surface area (Å²) in [5.41, 5.74) is 2.98. The van der Waals surface area contributed by atoms with Gasteiger partial charge in [-0.25, -0.2) is 0 Å². The van der Waals surface area contributed by atoms with Crippen LogP contribution in [0.2, 0.25) is 0 Å². The summed E-state index contributed by atoms with van der Waals surface area (Å²) in [5, 5.41) is 9.78. The molecule has 0 fully saturated rings. The topological polar surface area (TPSA) is 46.5 Å². The first kappa shape index (κ1) is 13.1. The number of methoxy groups -OCH3 is 1. The van der Waals surface area contributed by atoms with Gasteiger partial charge < -0.3 is 9.84 Å². The number of ether oxygens (including phenoxy) is 1. The highest BCUT2D eigenvalue weighted by molar-refractivity contribution is 6.09. The van der Waals surface area contributed by atoms with Gasteiger partial charge in [0.15, 0.2) is 5.76 Å². The smallest absolute Gasteiger partial charge is 0.223 e. The molecule has 0 bridgehead atoms. The van der Waals surface area contributed by atoms with Crippen molar-refractivity contribution in [2.45, 2.75) is 13.8 Å². The fourth-order valence-electron chi connectivity index (χ4n) is 1.93. The highest BCUT2D eigenvalue weighted by atomic mass is 16.5. The summed E-state index contributed by atoms with van der Waals surface area (Å²) in [4.78, 5) is 11.6. The highest BCUT2D eigenvalue weighted by Gasteiger charge is 2.20. The lowest BCUT2D eigenvalue weighted by Crippen LogP contribution is -2.11. The second-order valence-electron chi connectivity index (χ2n) is 4.50. The Labute approximate surface area is 112 Å². The average Bonchev–Trinajstić information content (AvgIpc) is 2.43. The first-order valence-electron chi connectivity index (χ1n) is 6.02. The van der Waals surface area contributed by atoms with Gasteiger partial charge in [-0.05, 0) is 49.3 Å². The Morgan fingerprint density at radius 3 is 2.37 bits per heavy atom. The van der Waals surface area contributed by atoms with Gasteiger partial charge in [-0.2, -0.15) is 0 Å². The van der Waals surface area contributed by atoms with Crippen molar-refractivity contribution in [3.8, 4) is 5.75 Å². The van der Waals surface area contributed by atoms with E-state index in [2.05, 4.69) is 0 Å². The van der Waals surface area contributed by atoms with E-state index in [1.165, 1.54) is 0 Å². The number of rotatable bonds is 2. The molecule has 0 radical (unpaired) electrons. The van der Waals surface area contributed by atoms with Gasteiger partial charge in [0.25, 0.3) is 0 Å². The van der Waals surface area contributed by atoms with E-state index < -0.39 is 0 Å². The van der Waals surface area contributed by atoms with Crippen molar-refractivity contribution in [3.63, 3.8) is 0 Å². The van der Waals surface area contributed by atoms with Crippen LogP contribution in [-0.2, 0) is 4.79 Å². The predicted octanol–water partition coefficient (Wildman–Crippen LogP) is 3.44. The van der Waals surface area contributed by atoms with Gasteiger partial charge in [0.05, 0.1) is 7.11 Å². The molecule has 0 saturated heterocycles. The van der Waals surface area contributed by atoms with E-state index in [1.54, 1.807) is 27.0 Å². The molecule has 19 heavy (non-hydrogen) atoms. The van der Waals surface area contributed by atoms with Crippen molar-refractivity contribution in [1.82, 2.24) is 0 Å². The molecule has 0 aliphatic heterocycles. The monoisotopic (exact) mass is 256 g/mol. The third-order valence-electron chi connectivity index (χ3n) is 3.17. The number of allylic oxidation sites excluding steroid dienone is 4. The van der Waals surface area contributed by atoms with Crippen LogP contribution < -0.4 is 4.74 Å². The number of Topliss-reactive ketones (excluding diaryl/α,β-unsaturated/α-hetero) is 1. The first-order chi connectivity index (χ1) is 9.02. The minimum atomic E-state index is -0.301. The maximum atomic E-state index is 11.6. The summed E-state index contributed by atoms with van der Waals surface area (Å²) in [6.07, 6.45) is 3.72. The van der Waals surface area contributed by atoms with E-state index >= 15 is 0 Å². The van der Waals surface area contributed by atoms with Gasteiger partial charge >= 0.3 is 0 Å². The van der Waals surface area contributed by atoms with E-state index in [9.17, 15) is 9.90 Å². The van der Waals surface area contributed by atoms with Crippen molar-refractivity contribution in [2.24, 2.45) is 0 Å². The van der Waals surface area contributed by atoms with Crippen LogP contribution in [0.5, 0.6) is 5.75 Å². The van der Waals surface area contributed by atoms with Gasteiger partial charge in [-0.3, -0.25) is 4.79 Å². The Hall–Kier alpha value is -2.29. The van der Waals surface area contributed by atoms with Crippen LogP contribution in [0.25, 0.3) is 6.08 Å². The number of ketones is 1. The van der Waals surface area contributed by atoms with Crippen LogP contribution in [0, 0.1) is 0 Å². The molecule has 1 aromatic carbocycles. The number of hydrogen-bond acceptors (Lipinski definition) is 3. The largest absolute Gasteiger partial charge is 0.504 e. The van der Waals surface area contributed by atoms with Crippen LogP contribution >= 0.6 is 0 Å². The maximum absolute atomic E-state index is 11.6. The Balaban J connectivity index is 2.39. The van der Waals surface area contributed by atoms with Crippen molar-refractivity contribution in [1.29, 1.82) is 0 Å². The molecular weight excluding hydrogens is 240 g/mol. The second-order valence-corrected chi connectivity index (χ2v) is 4.50. The van der Waals surface area contributed by atoms with E-state index in [0.29, 0.717) is 11.1 Å². The fourth-order valence-corrected chi connectivity index (χ4v) is 1.93. The van der Waals surface area contributed by atoms with Gasteiger partial charge in [0, 0.05) is 11.1 Å². The molecule has 0 heterocycles. The van der Waals surface area contributed by atoms with E-state index in [-0.39, 0.29) is 11.5 Å². The van der Waals surface area contributed by atoms with Crippen molar-refractivity contribution >= 4 is 11.9 Å². The first-order valence-corrected chi connectivity index (χ1v) is 6.02. The minimum Gasteiger partial charge on any atom is -0.504 e. The van der Waals surface area contributed by atoms with Gasteiger partial charge in [0.2, 0.25) is 5.78 Å². The third-order valence-corrected chi connectivity index (χ3v) is 3.17. The number of carbonyl (C=O) groups is 1. The van der Waals surface area contributed by atoms with Crippen LogP contribution in [0.3, 0.4) is 0 Å². The molecule has 98 valence electrons. The summed E-state index contributed by atoms with van der Waals surface area (Å²) >= 11 is 0. The molecule has 1 aliphatic rings. The van der Waals surface area contributed by atoms with Crippen LogP contribution in [0.4, 0.5) is 0 Å². The third kappa shape index (κ3) is 2.60. The average molecular weight is 256 g/mol. The van der Waals surface area contributed by atoms with Crippen molar-refractivity contribution in [3.05, 3.63) is 58.4 Å². The van der Waals surface area contributed by atoms with E-state index in [1.807, 2.05) is 30.3 Å². The molecule has 0 unspecified atom stereocenters. The molecule has 2 rings (SSSR count). The maximum Gasteiger partial charge on any atom is 0.223 e. The highest BCUT2D eigenvalue weighted by Crippen LogP contribution is 2.26. The van der Waals surface area contributed by atoms with Gasteiger partial charge in [0.1, 0.15) is 5.75 Å². The molecule has 0 saturated carbocycles. The Morgan fingerprint density at radius 1 is 1.16 bits per heavy atom. The summed E-state index contributed by atoms with van der Waals surface area (Å²) in [6, 6.07) is 7.59. The van der Waals surface area contributed by atoms with Gasteiger partial charge in [-0.15, -0.1) is 0 Å². The lowest BCUT2D eigenvalue weighted by atomic mass is 9.92. The quantitative estimate of drug-likeness (QED) is 0.881. The molecular formula is C16H16O3. The zero-order valence-electron chi connectivity index (χ0n) is 11.2. The molecule has 1 aromatic rings. The van der Waals surface area contributed by atoms with E-state index in [4.69, 9.17) is 4.74 Å². The Bertz CT molecular complexity index is 601. The second kappa shape index (κ2) is 5.14. The zero-order valence-corrected chi connectivity index (χ0v) is 11.2. The standard InChI is InChI=1S/C16H16O3/c1-10-8-13(11(2)16(18)15(10)17)9-12-4-6-14(19-3)7-5-12/h4-9,18H,1-3H3/b13-9-. The predicted molar refractivity (Wildman–Crippen MR) is 75.1 cm³/mol. The SMILES string of the molecule is COc1ccc(/C=C2/C=C(C)C(=O)C(O)=C2C)cc1. The Morgan fingerprint density at radius 2 is 1.79 bits per heavy atom.